The first kappa shape index (κ1) is 18.3. The molecule has 0 spiro atoms. The zero-order valence-corrected chi connectivity index (χ0v) is 14.9. The molecule has 2 unspecified atom stereocenters. The van der Waals surface area contributed by atoms with Gasteiger partial charge < -0.3 is 14.8 Å². The van der Waals surface area contributed by atoms with E-state index in [-0.39, 0.29) is 6.10 Å². The van der Waals surface area contributed by atoms with Gasteiger partial charge in [-0.1, -0.05) is 31.2 Å². The molecule has 1 aromatic rings. The normalized spacial score (nSPS) is 18.2. The van der Waals surface area contributed by atoms with E-state index in [1.807, 2.05) is 19.1 Å². The van der Waals surface area contributed by atoms with E-state index in [4.69, 9.17) is 9.47 Å². The van der Waals surface area contributed by atoms with Crippen molar-refractivity contribution in [2.75, 3.05) is 0 Å². The summed E-state index contributed by atoms with van der Waals surface area (Å²) >= 11 is 0. The fraction of sp³-hybridized carbons (Fsp3) is 0.579. The van der Waals surface area contributed by atoms with E-state index in [9.17, 15) is 9.59 Å². The van der Waals surface area contributed by atoms with Gasteiger partial charge in [0, 0.05) is 6.42 Å². The van der Waals surface area contributed by atoms with Crippen molar-refractivity contribution >= 4 is 12.1 Å². The highest BCUT2D eigenvalue weighted by Gasteiger charge is 2.28. The number of carbonyl (C=O) groups excluding carboxylic acids is 2. The molecule has 2 rings (SSSR count). The van der Waals surface area contributed by atoms with Gasteiger partial charge in [-0.3, -0.25) is 0 Å². The minimum Gasteiger partial charge on any atom is -0.460 e. The highest BCUT2D eigenvalue weighted by atomic mass is 16.6. The van der Waals surface area contributed by atoms with Crippen molar-refractivity contribution in [1.82, 2.24) is 5.32 Å². The van der Waals surface area contributed by atoms with Crippen molar-refractivity contribution < 1.29 is 19.1 Å². The molecule has 24 heavy (non-hydrogen) atoms. The summed E-state index contributed by atoms with van der Waals surface area (Å²) in [4.78, 5) is 24.2. The Labute approximate surface area is 143 Å². The third kappa shape index (κ3) is 5.25. The summed E-state index contributed by atoms with van der Waals surface area (Å²) in [5.41, 5.74) is 1.96. The maximum absolute atomic E-state index is 12.4. The monoisotopic (exact) mass is 333 g/mol. The second-order valence-electron chi connectivity index (χ2n) is 7.18. The second kappa shape index (κ2) is 7.69. The quantitative estimate of drug-likeness (QED) is 0.858. The number of aryl methyl sites for hydroxylation is 1. The lowest BCUT2D eigenvalue weighted by Gasteiger charge is -2.27. The van der Waals surface area contributed by atoms with Crippen LogP contribution in [0.2, 0.25) is 0 Å². The van der Waals surface area contributed by atoms with Gasteiger partial charge >= 0.3 is 12.1 Å². The fourth-order valence-corrected chi connectivity index (χ4v) is 2.79. The van der Waals surface area contributed by atoms with Gasteiger partial charge in [-0.15, -0.1) is 0 Å². The van der Waals surface area contributed by atoms with E-state index >= 15 is 0 Å². The number of nitrogens with one attached hydrogen (secondary N) is 1. The predicted molar refractivity (Wildman–Crippen MR) is 91.8 cm³/mol. The number of rotatable bonds is 4. The topological polar surface area (TPSA) is 64.6 Å². The molecule has 1 aromatic carbocycles. The van der Waals surface area contributed by atoms with E-state index in [1.54, 1.807) is 20.8 Å². The first-order valence-corrected chi connectivity index (χ1v) is 8.55. The summed E-state index contributed by atoms with van der Waals surface area (Å²) < 4.78 is 10.8. The fourth-order valence-electron chi connectivity index (χ4n) is 2.79. The molecule has 0 aromatic heterocycles. The van der Waals surface area contributed by atoms with Gasteiger partial charge in [0.1, 0.15) is 17.7 Å². The molecule has 0 fully saturated rings. The Balaban J connectivity index is 1.89. The molecule has 0 saturated carbocycles. The van der Waals surface area contributed by atoms with Crippen molar-refractivity contribution in [3.63, 3.8) is 0 Å². The Kier molecular flexibility index (Phi) is 5.86. The first-order valence-electron chi connectivity index (χ1n) is 8.55. The molecule has 1 N–H and O–H groups in total. The number of hydrogen-bond donors (Lipinski definition) is 1. The van der Waals surface area contributed by atoms with Crippen molar-refractivity contribution in [3.8, 4) is 0 Å². The van der Waals surface area contributed by atoms with E-state index in [0.29, 0.717) is 6.42 Å². The maximum Gasteiger partial charge on any atom is 0.408 e. The minimum atomic E-state index is -0.683. The number of hydrogen-bond acceptors (Lipinski definition) is 4. The van der Waals surface area contributed by atoms with Crippen LogP contribution in [-0.2, 0) is 27.1 Å². The van der Waals surface area contributed by atoms with Crippen LogP contribution in [0.15, 0.2) is 24.3 Å². The van der Waals surface area contributed by atoms with Crippen LogP contribution in [0.5, 0.6) is 0 Å². The average molecular weight is 333 g/mol. The summed E-state index contributed by atoms with van der Waals surface area (Å²) in [6.07, 6.45) is 2.17. The zero-order valence-electron chi connectivity index (χ0n) is 14.9. The highest BCUT2D eigenvalue weighted by Crippen LogP contribution is 2.23. The van der Waals surface area contributed by atoms with Crippen LogP contribution in [0.3, 0.4) is 0 Å². The number of esters is 1. The molecule has 1 aliphatic carbocycles. The molecule has 0 radical (unpaired) electrons. The SMILES string of the molecule is CCC(NC(=O)OC(C)(C)C)C(=O)OC1CCc2ccccc2C1. The molecule has 5 nitrogen and oxygen atoms in total. The molecule has 132 valence electrons. The molecule has 0 bridgehead atoms. The van der Waals surface area contributed by atoms with Crippen molar-refractivity contribution in [2.24, 2.45) is 0 Å². The first-order chi connectivity index (χ1) is 11.3. The molecule has 0 aliphatic heterocycles. The third-order valence-electron chi connectivity index (χ3n) is 3.97. The standard InChI is InChI=1S/C19H27NO4/c1-5-16(20-18(22)24-19(2,3)4)17(21)23-15-11-10-13-8-6-7-9-14(13)12-15/h6-9,15-16H,5,10-12H2,1-4H3,(H,20,22). The lowest BCUT2D eigenvalue weighted by Crippen LogP contribution is -2.45. The van der Waals surface area contributed by atoms with Crippen LogP contribution < -0.4 is 5.32 Å². The number of fused-ring (bicyclic) bond motifs is 1. The van der Waals surface area contributed by atoms with E-state index in [2.05, 4.69) is 17.4 Å². The minimum absolute atomic E-state index is 0.137. The number of carbonyl (C=O) groups is 2. The summed E-state index contributed by atoms with van der Waals surface area (Å²) in [6, 6.07) is 7.54. The summed E-state index contributed by atoms with van der Waals surface area (Å²) in [6.45, 7) is 7.18. The Morgan fingerprint density at radius 2 is 1.92 bits per heavy atom. The Bertz CT molecular complexity index is 591. The molecule has 0 heterocycles. The molecule has 1 amide bonds. The van der Waals surface area contributed by atoms with Crippen LogP contribution in [0.4, 0.5) is 4.79 Å². The van der Waals surface area contributed by atoms with Crippen LogP contribution in [0, 0.1) is 0 Å². The molecule has 5 heteroatoms. The molecular formula is C19H27NO4. The van der Waals surface area contributed by atoms with Crippen molar-refractivity contribution in [3.05, 3.63) is 35.4 Å². The smallest absolute Gasteiger partial charge is 0.408 e. The summed E-state index contributed by atoms with van der Waals surface area (Å²) in [5, 5.41) is 2.60. The molecular weight excluding hydrogens is 306 g/mol. The van der Waals surface area contributed by atoms with Gasteiger partial charge in [0.05, 0.1) is 0 Å². The Morgan fingerprint density at radius 1 is 1.25 bits per heavy atom. The summed E-state index contributed by atoms with van der Waals surface area (Å²) in [5.74, 6) is -0.396. The second-order valence-corrected chi connectivity index (χ2v) is 7.18. The zero-order chi connectivity index (χ0) is 17.7. The number of benzene rings is 1. The van der Waals surface area contributed by atoms with Crippen LogP contribution >= 0.6 is 0 Å². The van der Waals surface area contributed by atoms with Crippen molar-refractivity contribution in [1.29, 1.82) is 0 Å². The largest absolute Gasteiger partial charge is 0.460 e. The maximum atomic E-state index is 12.4. The third-order valence-corrected chi connectivity index (χ3v) is 3.97. The highest BCUT2D eigenvalue weighted by molar-refractivity contribution is 5.81. The van der Waals surface area contributed by atoms with E-state index in [1.165, 1.54) is 11.1 Å². The predicted octanol–water partition coefficient (Wildman–Crippen LogP) is 3.39. The van der Waals surface area contributed by atoms with Crippen LogP contribution in [0.1, 0.15) is 51.7 Å². The van der Waals surface area contributed by atoms with Gasteiger partial charge in [-0.25, -0.2) is 9.59 Å². The van der Waals surface area contributed by atoms with Gasteiger partial charge in [0.15, 0.2) is 0 Å². The van der Waals surface area contributed by atoms with E-state index < -0.39 is 23.7 Å². The van der Waals surface area contributed by atoms with E-state index in [0.717, 1.165) is 19.3 Å². The number of alkyl carbamates (subject to hydrolysis) is 1. The summed E-state index contributed by atoms with van der Waals surface area (Å²) in [7, 11) is 0. The number of ether oxygens (including phenoxy) is 2. The molecule has 1 aliphatic rings. The average Bonchev–Trinajstić information content (AvgIpc) is 2.50. The van der Waals surface area contributed by atoms with Gasteiger partial charge in [-0.05, 0) is 51.2 Å². The lowest BCUT2D eigenvalue weighted by molar-refractivity contribution is -0.152. The van der Waals surface area contributed by atoms with Gasteiger partial charge in [0.2, 0.25) is 0 Å². The van der Waals surface area contributed by atoms with Crippen LogP contribution in [0.25, 0.3) is 0 Å². The van der Waals surface area contributed by atoms with Gasteiger partial charge in [0.25, 0.3) is 0 Å². The molecule has 0 saturated heterocycles. The van der Waals surface area contributed by atoms with Crippen molar-refractivity contribution in [2.45, 2.75) is 71.1 Å². The lowest BCUT2D eigenvalue weighted by atomic mass is 9.90. The molecule has 2 atom stereocenters. The number of amides is 1. The van der Waals surface area contributed by atoms with Crippen LogP contribution in [-0.4, -0.2) is 29.8 Å². The Hall–Kier alpha value is -2.04. The van der Waals surface area contributed by atoms with Gasteiger partial charge in [-0.2, -0.15) is 0 Å². The Morgan fingerprint density at radius 3 is 2.54 bits per heavy atom.